The molecule has 100 valence electrons. The molecule has 0 spiro atoms. The molecule has 0 amide bonds. The summed E-state index contributed by atoms with van der Waals surface area (Å²) in [4.78, 5) is 0. The number of aromatic nitrogens is 2. The number of para-hydroxylation sites is 2. The minimum absolute atomic E-state index is 0.827. The molecule has 0 aliphatic heterocycles. The standard InChI is InChI=1S/C17H16BrN2/c1-2-11-19-13-20(17-6-4-3-5-16(17)19)12-14-7-9-15(18)10-8-14/h2-10,13H,1,11-12H2/q+1. The number of hydrogen-bond donors (Lipinski definition) is 0. The lowest BCUT2D eigenvalue weighted by Gasteiger charge is -1.99. The molecule has 3 rings (SSSR count). The first-order valence-corrected chi connectivity index (χ1v) is 7.40. The van der Waals surface area contributed by atoms with E-state index in [-0.39, 0.29) is 0 Å². The van der Waals surface area contributed by atoms with Crippen LogP contribution < -0.4 is 4.57 Å². The maximum Gasteiger partial charge on any atom is 0.245 e. The fourth-order valence-corrected chi connectivity index (χ4v) is 2.70. The monoisotopic (exact) mass is 327 g/mol. The summed E-state index contributed by atoms with van der Waals surface area (Å²) in [7, 11) is 0. The highest BCUT2D eigenvalue weighted by Gasteiger charge is 2.14. The van der Waals surface area contributed by atoms with Crippen molar-refractivity contribution in [3.63, 3.8) is 0 Å². The summed E-state index contributed by atoms with van der Waals surface area (Å²) >= 11 is 3.47. The van der Waals surface area contributed by atoms with Crippen LogP contribution in [0.25, 0.3) is 11.0 Å². The molecule has 1 aromatic heterocycles. The van der Waals surface area contributed by atoms with Crippen molar-refractivity contribution in [3.05, 3.63) is 77.5 Å². The van der Waals surface area contributed by atoms with Gasteiger partial charge in [-0.15, -0.1) is 0 Å². The van der Waals surface area contributed by atoms with Crippen molar-refractivity contribution >= 4 is 27.0 Å². The summed E-state index contributed by atoms with van der Waals surface area (Å²) in [5.41, 5.74) is 3.78. The second-order valence-electron chi connectivity index (χ2n) is 4.80. The molecule has 2 aromatic carbocycles. The van der Waals surface area contributed by atoms with E-state index in [0.29, 0.717) is 0 Å². The zero-order valence-electron chi connectivity index (χ0n) is 11.2. The first-order chi connectivity index (χ1) is 9.78. The molecule has 0 fully saturated rings. The molecule has 0 saturated heterocycles. The number of allylic oxidation sites excluding steroid dienone is 1. The Morgan fingerprint density at radius 3 is 2.60 bits per heavy atom. The van der Waals surface area contributed by atoms with Crippen LogP contribution >= 0.6 is 15.9 Å². The molecule has 0 atom stereocenters. The lowest BCUT2D eigenvalue weighted by atomic mass is 10.2. The van der Waals surface area contributed by atoms with Gasteiger partial charge < -0.3 is 0 Å². The smallest absolute Gasteiger partial charge is 0.226 e. The fraction of sp³-hybridized carbons (Fsp3) is 0.118. The van der Waals surface area contributed by atoms with E-state index < -0.39 is 0 Å². The van der Waals surface area contributed by atoms with E-state index in [9.17, 15) is 0 Å². The molecule has 3 heteroatoms. The molecular formula is C17H16BrN2+. The second kappa shape index (κ2) is 5.63. The van der Waals surface area contributed by atoms with E-state index in [1.807, 2.05) is 6.08 Å². The highest BCUT2D eigenvalue weighted by atomic mass is 79.9. The van der Waals surface area contributed by atoms with E-state index in [0.717, 1.165) is 17.6 Å². The van der Waals surface area contributed by atoms with Crippen molar-refractivity contribution in [1.82, 2.24) is 4.57 Å². The van der Waals surface area contributed by atoms with Gasteiger partial charge in [0, 0.05) is 4.47 Å². The Labute approximate surface area is 127 Å². The third-order valence-electron chi connectivity index (χ3n) is 3.37. The first kappa shape index (κ1) is 13.1. The van der Waals surface area contributed by atoms with E-state index in [1.165, 1.54) is 16.6 Å². The van der Waals surface area contributed by atoms with E-state index in [1.54, 1.807) is 0 Å². The quantitative estimate of drug-likeness (QED) is 0.507. The molecule has 0 radical (unpaired) electrons. The normalized spacial score (nSPS) is 10.8. The second-order valence-corrected chi connectivity index (χ2v) is 5.72. The highest BCUT2D eigenvalue weighted by molar-refractivity contribution is 9.10. The number of imidazole rings is 1. The Balaban J connectivity index is 2.02. The largest absolute Gasteiger partial charge is 0.245 e. The third-order valence-corrected chi connectivity index (χ3v) is 3.90. The fourth-order valence-electron chi connectivity index (χ4n) is 2.44. The Morgan fingerprint density at radius 1 is 1.10 bits per heavy atom. The summed E-state index contributed by atoms with van der Waals surface area (Å²) in [5, 5.41) is 0. The van der Waals surface area contributed by atoms with Crippen LogP contribution in [-0.4, -0.2) is 4.57 Å². The molecular weight excluding hydrogens is 312 g/mol. The van der Waals surface area contributed by atoms with E-state index >= 15 is 0 Å². The number of fused-ring (bicyclic) bond motifs is 1. The number of nitrogens with zero attached hydrogens (tertiary/aromatic N) is 2. The highest BCUT2D eigenvalue weighted by Crippen LogP contribution is 2.13. The van der Waals surface area contributed by atoms with Crippen molar-refractivity contribution in [3.8, 4) is 0 Å². The molecule has 0 bridgehead atoms. The molecule has 0 saturated carbocycles. The zero-order chi connectivity index (χ0) is 13.9. The molecule has 0 unspecified atom stereocenters. The Morgan fingerprint density at radius 2 is 1.85 bits per heavy atom. The van der Waals surface area contributed by atoms with Crippen LogP contribution in [0.4, 0.5) is 0 Å². The van der Waals surface area contributed by atoms with E-state index in [4.69, 9.17) is 0 Å². The lowest BCUT2D eigenvalue weighted by Crippen LogP contribution is -2.32. The summed E-state index contributed by atoms with van der Waals surface area (Å²) in [6, 6.07) is 16.9. The topological polar surface area (TPSA) is 8.81 Å². The number of benzene rings is 2. The van der Waals surface area contributed by atoms with Crippen molar-refractivity contribution in [1.29, 1.82) is 0 Å². The predicted octanol–water partition coefficient (Wildman–Crippen LogP) is 3.93. The van der Waals surface area contributed by atoms with Gasteiger partial charge in [0.2, 0.25) is 6.33 Å². The Bertz CT molecular complexity index is 741. The SMILES string of the molecule is C=CCn1c[n+](Cc2ccc(Br)cc2)c2ccccc21. The van der Waals surface area contributed by atoms with E-state index in [2.05, 4.69) is 86.5 Å². The number of halogens is 1. The van der Waals surface area contributed by atoms with Crippen LogP contribution in [0.3, 0.4) is 0 Å². The minimum Gasteiger partial charge on any atom is -0.226 e. The van der Waals surface area contributed by atoms with Crippen LogP contribution in [0.15, 0.2) is 72.0 Å². The van der Waals surface area contributed by atoms with Crippen LogP contribution in [-0.2, 0) is 13.1 Å². The van der Waals surface area contributed by atoms with Crippen LogP contribution in [0.1, 0.15) is 5.56 Å². The van der Waals surface area contributed by atoms with Crippen LogP contribution in [0.2, 0.25) is 0 Å². The zero-order valence-corrected chi connectivity index (χ0v) is 12.8. The van der Waals surface area contributed by atoms with Crippen molar-refractivity contribution < 1.29 is 4.57 Å². The molecule has 0 aliphatic carbocycles. The Hall–Kier alpha value is -1.87. The molecule has 3 aromatic rings. The molecule has 1 heterocycles. The third kappa shape index (κ3) is 2.54. The summed E-state index contributed by atoms with van der Waals surface area (Å²) in [5.74, 6) is 0. The predicted molar refractivity (Wildman–Crippen MR) is 85.6 cm³/mol. The van der Waals surface area contributed by atoms with Gasteiger partial charge in [-0.3, -0.25) is 0 Å². The van der Waals surface area contributed by atoms with Gasteiger partial charge in [0.1, 0.15) is 13.1 Å². The Kier molecular flexibility index (Phi) is 3.70. The van der Waals surface area contributed by atoms with Gasteiger partial charge in [0.25, 0.3) is 0 Å². The van der Waals surface area contributed by atoms with Gasteiger partial charge in [-0.05, 0) is 29.8 Å². The maximum absolute atomic E-state index is 3.83. The average molecular weight is 328 g/mol. The van der Waals surface area contributed by atoms with Gasteiger partial charge in [-0.2, -0.15) is 0 Å². The van der Waals surface area contributed by atoms with Crippen molar-refractivity contribution in [2.24, 2.45) is 0 Å². The van der Waals surface area contributed by atoms with Crippen molar-refractivity contribution in [2.45, 2.75) is 13.1 Å². The first-order valence-electron chi connectivity index (χ1n) is 6.60. The van der Waals surface area contributed by atoms with Gasteiger partial charge in [-0.1, -0.05) is 52.9 Å². The molecule has 0 N–H and O–H groups in total. The molecule has 0 aliphatic rings. The van der Waals surface area contributed by atoms with Gasteiger partial charge >= 0.3 is 0 Å². The summed E-state index contributed by atoms with van der Waals surface area (Å²) in [6.45, 7) is 5.53. The average Bonchev–Trinajstić information content (AvgIpc) is 2.81. The number of rotatable bonds is 4. The summed E-state index contributed by atoms with van der Waals surface area (Å²) in [6.07, 6.45) is 4.09. The van der Waals surface area contributed by atoms with Gasteiger partial charge in [0.05, 0.1) is 0 Å². The molecule has 20 heavy (non-hydrogen) atoms. The van der Waals surface area contributed by atoms with Crippen LogP contribution in [0.5, 0.6) is 0 Å². The summed E-state index contributed by atoms with van der Waals surface area (Å²) < 4.78 is 5.61. The van der Waals surface area contributed by atoms with Gasteiger partial charge in [-0.25, -0.2) is 9.13 Å². The maximum atomic E-state index is 3.83. The van der Waals surface area contributed by atoms with Gasteiger partial charge in [0.15, 0.2) is 11.0 Å². The van der Waals surface area contributed by atoms with Crippen molar-refractivity contribution in [2.75, 3.05) is 0 Å². The number of hydrogen-bond acceptors (Lipinski definition) is 0. The van der Waals surface area contributed by atoms with Crippen LogP contribution in [0, 0.1) is 0 Å². The lowest BCUT2D eigenvalue weighted by molar-refractivity contribution is -0.663. The molecule has 2 nitrogen and oxygen atoms in total. The minimum atomic E-state index is 0.827.